The summed E-state index contributed by atoms with van der Waals surface area (Å²) in [4.78, 5) is 11.2. The van der Waals surface area contributed by atoms with Crippen LogP contribution in [0.1, 0.15) is 25.5 Å². The number of nitrogens with one attached hydrogen (secondary N) is 1. The molecule has 5 heteroatoms. The Morgan fingerprint density at radius 2 is 2.00 bits per heavy atom. The largest absolute Gasteiger partial charge is 0.455 e. The molecule has 0 fully saturated rings. The fourth-order valence-electron chi connectivity index (χ4n) is 1.89. The maximum absolute atomic E-state index is 11.2. The van der Waals surface area contributed by atoms with E-state index in [1.165, 1.54) is 6.92 Å². The third-order valence-electron chi connectivity index (χ3n) is 2.85. The predicted octanol–water partition coefficient (Wildman–Crippen LogP) is 4.14. The quantitative estimate of drug-likeness (QED) is 0.892. The van der Waals surface area contributed by atoms with E-state index in [0.29, 0.717) is 27.8 Å². The molecule has 0 heterocycles. The molecule has 0 spiro atoms. The van der Waals surface area contributed by atoms with E-state index in [1.807, 2.05) is 12.1 Å². The van der Waals surface area contributed by atoms with Crippen molar-refractivity contribution in [1.29, 1.82) is 0 Å². The first-order valence-corrected chi connectivity index (χ1v) is 6.87. The Morgan fingerprint density at radius 3 is 2.62 bits per heavy atom. The Kier molecular flexibility index (Phi) is 4.83. The molecule has 4 nitrogen and oxygen atoms in total. The highest BCUT2D eigenvalue weighted by Crippen LogP contribution is 2.33. The summed E-state index contributed by atoms with van der Waals surface area (Å²) in [6, 6.07) is 12.2. The first kappa shape index (κ1) is 15.4. The Morgan fingerprint density at radius 1 is 1.29 bits per heavy atom. The lowest BCUT2D eigenvalue weighted by Gasteiger charge is -2.13. The second-order valence-corrected chi connectivity index (χ2v) is 5.05. The molecule has 0 bridgehead atoms. The summed E-state index contributed by atoms with van der Waals surface area (Å²) >= 11 is 6.10. The minimum Gasteiger partial charge on any atom is -0.455 e. The smallest absolute Gasteiger partial charge is 0.221 e. The lowest BCUT2D eigenvalue weighted by molar-refractivity contribution is -0.114. The average Bonchev–Trinajstić information content (AvgIpc) is 2.40. The van der Waals surface area contributed by atoms with E-state index in [4.69, 9.17) is 16.3 Å². The molecule has 21 heavy (non-hydrogen) atoms. The van der Waals surface area contributed by atoms with E-state index in [1.54, 1.807) is 37.3 Å². The fraction of sp³-hybridized carbons (Fsp3) is 0.188. The molecule has 0 aliphatic rings. The van der Waals surface area contributed by atoms with Crippen molar-refractivity contribution in [1.82, 2.24) is 0 Å². The van der Waals surface area contributed by atoms with Gasteiger partial charge in [-0.1, -0.05) is 29.8 Å². The summed E-state index contributed by atoms with van der Waals surface area (Å²) < 4.78 is 5.75. The normalized spacial score (nSPS) is 11.8. The van der Waals surface area contributed by atoms with Crippen molar-refractivity contribution in [3.63, 3.8) is 0 Å². The molecule has 1 unspecified atom stereocenters. The number of anilines is 1. The number of halogens is 1. The standard InChI is InChI=1S/C16H16ClNO3/c1-10(19)13-8-7-12(9-14(13)17)21-16-6-4-3-5-15(16)18-11(2)20/h3-10,19H,1-2H3,(H,18,20). The summed E-state index contributed by atoms with van der Waals surface area (Å²) in [6.45, 7) is 3.08. The molecule has 0 aromatic heterocycles. The van der Waals surface area contributed by atoms with E-state index in [0.717, 1.165) is 0 Å². The molecule has 2 aromatic rings. The Bertz CT molecular complexity index is 656. The second kappa shape index (κ2) is 6.61. The van der Waals surface area contributed by atoms with Crippen LogP contribution in [-0.2, 0) is 4.79 Å². The number of carbonyl (C=O) groups excluding carboxylic acids is 1. The van der Waals surface area contributed by atoms with Gasteiger partial charge in [0.1, 0.15) is 5.75 Å². The molecular weight excluding hydrogens is 290 g/mol. The van der Waals surface area contributed by atoms with Gasteiger partial charge in [0.15, 0.2) is 5.75 Å². The van der Waals surface area contributed by atoms with Crippen molar-refractivity contribution in [3.8, 4) is 11.5 Å². The minimum absolute atomic E-state index is 0.173. The van der Waals surface area contributed by atoms with E-state index in [2.05, 4.69) is 5.32 Å². The zero-order valence-corrected chi connectivity index (χ0v) is 12.5. The molecular formula is C16H16ClNO3. The van der Waals surface area contributed by atoms with Crippen LogP contribution in [-0.4, -0.2) is 11.0 Å². The van der Waals surface area contributed by atoms with Crippen molar-refractivity contribution in [2.75, 3.05) is 5.32 Å². The Hall–Kier alpha value is -2.04. The molecule has 0 aliphatic heterocycles. The molecule has 1 amide bonds. The van der Waals surface area contributed by atoms with E-state index in [9.17, 15) is 9.90 Å². The van der Waals surface area contributed by atoms with Gasteiger partial charge < -0.3 is 15.2 Å². The molecule has 0 saturated heterocycles. The number of aliphatic hydroxyl groups excluding tert-OH is 1. The van der Waals surface area contributed by atoms with Gasteiger partial charge in [0, 0.05) is 6.92 Å². The van der Waals surface area contributed by atoms with E-state index < -0.39 is 6.10 Å². The number of amides is 1. The molecule has 2 N–H and O–H groups in total. The number of aliphatic hydroxyl groups is 1. The van der Waals surface area contributed by atoms with Gasteiger partial charge >= 0.3 is 0 Å². The van der Waals surface area contributed by atoms with Crippen LogP contribution in [0.25, 0.3) is 0 Å². The number of hydrogen-bond acceptors (Lipinski definition) is 3. The van der Waals surface area contributed by atoms with Gasteiger partial charge in [-0.25, -0.2) is 0 Å². The van der Waals surface area contributed by atoms with E-state index in [-0.39, 0.29) is 5.91 Å². The van der Waals surface area contributed by atoms with Gasteiger partial charge in [-0.05, 0) is 36.8 Å². The van der Waals surface area contributed by atoms with Crippen molar-refractivity contribution in [2.24, 2.45) is 0 Å². The first-order chi connectivity index (χ1) is 9.97. The number of hydrogen-bond donors (Lipinski definition) is 2. The summed E-state index contributed by atoms with van der Waals surface area (Å²) in [6.07, 6.45) is -0.641. The number of benzene rings is 2. The third kappa shape index (κ3) is 3.97. The predicted molar refractivity (Wildman–Crippen MR) is 82.9 cm³/mol. The van der Waals surface area contributed by atoms with Crippen molar-refractivity contribution in [3.05, 3.63) is 53.1 Å². The van der Waals surface area contributed by atoms with Gasteiger partial charge in [-0.2, -0.15) is 0 Å². The van der Waals surface area contributed by atoms with Gasteiger partial charge in [-0.3, -0.25) is 4.79 Å². The van der Waals surface area contributed by atoms with Crippen LogP contribution < -0.4 is 10.1 Å². The van der Waals surface area contributed by atoms with Crippen LogP contribution in [0.15, 0.2) is 42.5 Å². The van der Waals surface area contributed by atoms with E-state index >= 15 is 0 Å². The van der Waals surface area contributed by atoms with Crippen LogP contribution >= 0.6 is 11.6 Å². The van der Waals surface area contributed by atoms with Crippen LogP contribution in [0.5, 0.6) is 11.5 Å². The van der Waals surface area contributed by atoms with Crippen LogP contribution in [0.3, 0.4) is 0 Å². The zero-order valence-electron chi connectivity index (χ0n) is 11.8. The van der Waals surface area contributed by atoms with Crippen LogP contribution in [0, 0.1) is 0 Å². The minimum atomic E-state index is -0.641. The van der Waals surface area contributed by atoms with Crippen molar-refractivity contribution >= 4 is 23.2 Å². The zero-order chi connectivity index (χ0) is 15.4. The van der Waals surface area contributed by atoms with Crippen molar-refractivity contribution < 1.29 is 14.6 Å². The highest BCUT2D eigenvalue weighted by molar-refractivity contribution is 6.31. The molecule has 2 aromatic carbocycles. The van der Waals surface area contributed by atoms with Gasteiger partial charge in [0.25, 0.3) is 0 Å². The molecule has 2 rings (SSSR count). The lowest BCUT2D eigenvalue weighted by Crippen LogP contribution is -2.06. The fourth-order valence-corrected chi connectivity index (χ4v) is 2.21. The topological polar surface area (TPSA) is 58.6 Å². The average molecular weight is 306 g/mol. The molecule has 0 radical (unpaired) electrons. The molecule has 0 saturated carbocycles. The first-order valence-electron chi connectivity index (χ1n) is 6.49. The maximum atomic E-state index is 11.2. The van der Waals surface area contributed by atoms with Gasteiger partial charge in [-0.15, -0.1) is 0 Å². The summed E-state index contributed by atoms with van der Waals surface area (Å²) in [5.41, 5.74) is 1.22. The SMILES string of the molecule is CC(=O)Nc1ccccc1Oc1ccc(C(C)O)c(Cl)c1. The Balaban J connectivity index is 2.26. The van der Waals surface area contributed by atoms with Crippen molar-refractivity contribution in [2.45, 2.75) is 20.0 Å². The number of ether oxygens (including phenoxy) is 1. The van der Waals surface area contributed by atoms with Crippen LogP contribution in [0.4, 0.5) is 5.69 Å². The highest BCUT2D eigenvalue weighted by atomic mass is 35.5. The third-order valence-corrected chi connectivity index (χ3v) is 3.17. The highest BCUT2D eigenvalue weighted by Gasteiger charge is 2.10. The lowest BCUT2D eigenvalue weighted by atomic mass is 10.1. The molecule has 0 aliphatic carbocycles. The summed E-state index contributed by atoms with van der Waals surface area (Å²) in [7, 11) is 0. The maximum Gasteiger partial charge on any atom is 0.221 e. The molecule has 110 valence electrons. The summed E-state index contributed by atoms with van der Waals surface area (Å²) in [5, 5.41) is 12.7. The Labute approximate surface area is 128 Å². The monoisotopic (exact) mass is 305 g/mol. The van der Waals surface area contributed by atoms with Crippen LogP contribution in [0.2, 0.25) is 5.02 Å². The number of para-hydroxylation sites is 2. The number of rotatable bonds is 4. The summed E-state index contributed by atoms with van der Waals surface area (Å²) in [5.74, 6) is 0.879. The number of carbonyl (C=O) groups is 1. The molecule has 1 atom stereocenters. The second-order valence-electron chi connectivity index (χ2n) is 4.64. The van der Waals surface area contributed by atoms with Gasteiger partial charge in [0.2, 0.25) is 5.91 Å². The van der Waals surface area contributed by atoms with Gasteiger partial charge in [0.05, 0.1) is 16.8 Å².